The predicted octanol–water partition coefficient (Wildman–Crippen LogP) is 2.40. The Kier molecular flexibility index (Phi) is 4.93. The molecule has 1 aliphatic rings. The van der Waals surface area contributed by atoms with E-state index in [1.165, 1.54) is 11.0 Å². The number of nitrogens with zero attached hydrogens (tertiary/aromatic N) is 1. The highest BCUT2D eigenvalue weighted by molar-refractivity contribution is 5.95. The van der Waals surface area contributed by atoms with Crippen molar-refractivity contribution < 1.29 is 14.7 Å². The van der Waals surface area contributed by atoms with Crippen molar-refractivity contribution in [1.29, 1.82) is 0 Å². The number of aromatic nitrogens is 1. The number of hydrogen-bond donors (Lipinski definition) is 2. The maximum absolute atomic E-state index is 12.9. The summed E-state index contributed by atoms with van der Waals surface area (Å²) in [6.45, 7) is 4.50. The first-order chi connectivity index (χ1) is 12.3. The van der Waals surface area contributed by atoms with Crippen LogP contribution in [0.2, 0.25) is 0 Å². The maximum Gasteiger partial charge on any atom is 0.312 e. The molecule has 0 saturated heterocycles. The molecule has 0 saturated carbocycles. The molecule has 1 amide bonds. The number of hydrogen-bond acceptors (Lipinski definition) is 3. The Bertz CT molecular complexity index is 901. The first-order valence-corrected chi connectivity index (χ1v) is 8.68. The average molecular weight is 354 g/mol. The summed E-state index contributed by atoms with van der Waals surface area (Å²) in [5.74, 6) is -1.70. The second-order valence-electron chi connectivity index (χ2n) is 7.13. The molecule has 6 heteroatoms. The highest BCUT2D eigenvalue weighted by atomic mass is 16.4. The molecule has 6 nitrogen and oxygen atoms in total. The van der Waals surface area contributed by atoms with E-state index in [0.29, 0.717) is 30.1 Å². The summed E-state index contributed by atoms with van der Waals surface area (Å²) in [5.41, 5.74) is 2.26. The van der Waals surface area contributed by atoms with Gasteiger partial charge in [-0.2, -0.15) is 0 Å². The predicted molar refractivity (Wildman–Crippen MR) is 97.2 cm³/mol. The van der Waals surface area contributed by atoms with E-state index in [4.69, 9.17) is 0 Å². The molecule has 0 aliphatic carbocycles. The topological polar surface area (TPSA) is 90.5 Å². The maximum atomic E-state index is 12.9. The van der Waals surface area contributed by atoms with Crippen molar-refractivity contribution in [1.82, 2.24) is 9.88 Å². The fourth-order valence-electron chi connectivity index (χ4n) is 3.43. The zero-order chi connectivity index (χ0) is 18.8. The number of amides is 1. The van der Waals surface area contributed by atoms with Gasteiger partial charge in [-0.25, -0.2) is 0 Å². The monoisotopic (exact) mass is 354 g/mol. The van der Waals surface area contributed by atoms with Gasteiger partial charge in [-0.15, -0.1) is 0 Å². The molecule has 0 spiro atoms. The summed E-state index contributed by atoms with van der Waals surface area (Å²) in [6, 6.07) is 10.2. The molecule has 1 atom stereocenters. The van der Waals surface area contributed by atoms with Gasteiger partial charge in [0.25, 0.3) is 5.91 Å². The molecular weight excluding hydrogens is 332 g/mol. The lowest BCUT2D eigenvalue weighted by Gasteiger charge is -2.33. The van der Waals surface area contributed by atoms with Gasteiger partial charge in [-0.3, -0.25) is 14.4 Å². The zero-order valence-corrected chi connectivity index (χ0v) is 14.9. The number of pyridine rings is 1. The molecule has 2 aromatic rings. The van der Waals surface area contributed by atoms with E-state index >= 15 is 0 Å². The van der Waals surface area contributed by atoms with E-state index in [0.717, 1.165) is 11.1 Å². The molecule has 26 heavy (non-hydrogen) atoms. The first-order valence-electron chi connectivity index (χ1n) is 8.68. The summed E-state index contributed by atoms with van der Waals surface area (Å²) in [4.78, 5) is 40.8. The summed E-state index contributed by atoms with van der Waals surface area (Å²) in [6.07, 6.45) is 0.664. The molecule has 1 aromatic carbocycles. The summed E-state index contributed by atoms with van der Waals surface area (Å²) >= 11 is 0. The van der Waals surface area contributed by atoms with Crippen molar-refractivity contribution in [3.8, 4) is 0 Å². The van der Waals surface area contributed by atoms with Crippen molar-refractivity contribution in [2.75, 3.05) is 6.54 Å². The molecule has 1 aromatic heterocycles. The Morgan fingerprint density at radius 3 is 2.69 bits per heavy atom. The van der Waals surface area contributed by atoms with Crippen LogP contribution in [0.15, 0.2) is 41.2 Å². The van der Waals surface area contributed by atoms with Gasteiger partial charge < -0.3 is 15.0 Å². The number of carboxylic acid groups (broad SMARTS) is 1. The number of H-pyrrole nitrogens is 1. The lowest BCUT2D eigenvalue weighted by Crippen LogP contribution is -2.41. The van der Waals surface area contributed by atoms with Gasteiger partial charge in [0.15, 0.2) is 0 Å². The Hall–Kier alpha value is -2.89. The first kappa shape index (κ1) is 17.9. The van der Waals surface area contributed by atoms with Crippen molar-refractivity contribution in [2.45, 2.75) is 32.7 Å². The van der Waals surface area contributed by atoms with Crippen molar-refractivity contribution >= 4 is 11.9 Å². The van der Waals surface area contributed by atoms with Crippen LogP contribution in [-0.2, 0) is 17.8 Å². The number of nitrogens with one attached hydrogen (secondary N) is 1. The van der Waals surface area contributed by atoms with E-state index in [1.54, 1.807) is 18.2 Å². The third kappa shape index (κ3) is 3.69. The molecule has 1 aliphatic heterocycles. The van der Waals surface area contributed by atoms with Gasteiger partial charge >= 0.3 is 5.97 Å². The van der Waals surface area contributed by atoms with Gasteiger partial charge in [0.2, 0.25) is 5.56 Å². The third-order valence-electron chi connectivity index (χ3n) is 4.56. The number of carboxylic acids is 1. The molecule has 0 bridgehead atoms. The highest BCUT2D eigenvalue weighted by Crippen LogP contribution is 2.29. The zero-order valence-electron chi connectivity index (χ0n) is 14.9. The van der Waals surface area contributed by atoms with Crippen LogP contribution in [0.1, 0.15) is 46.9 Å². The minimum Gasteiger partial charge on any atom is -0.481 e. The standard InChI is InChI=1S/C20H22N2O4/c1-12(2)7-15-8-14(9-18(23)21-15)19(24)22-10-13-5-3-4-6-16(13)17(11-22)20(25)26/h3-6,8-9,12,17H,7,10-11H2,1-2H3,(H,21,23)(H,25,26). The van der Waals surface area contributed by atoms with Crippen LogP contribution < -0.4 is 5.56 Å². The van der Waals surface area contributed by atoms with Crippen molar-refractivity contribution in [3.63, 3.8) is 0 Å². The average Bonchev–Trinajstić information content (AvgIpc) is 2.58. The van der Waals surface area contributed by atoms with Crippen LogP contribution in [0, 0.1) is 5.92 Å². The van der Waals surface area contributed by atoms with Crippen LogP contribution in [0.4, 0.5) is 0 Å². The Labute approximate surface area is 151 Å². The number of fused-ring (bicyclic) bond motifs is 1. The SMILES string of the molecule is CC(C)Cc1cc(C(=O)N2Cc3ccccc3C(C(=O)O)C2)cc(=O)[nH]1. The Morgan fingerprint density at radius 1 is 1.27 bits per heavy atom. The number of carbonyl (C=O) groups excluding carboxylic acids is 1. The quantitative estimate of drug-likeness (QED) is 0.882. The molecular formula is C20H22N2O4. The normalized spacial score (nSPS) is 16.4. The molecule has 0 fully saturated rings. The second kappa shape index (κ2) is 7.15. The molecule has 2 N–H and O–H groups in total. The largest absolute Gasteiger partial charge is 0.481 e. The van der Waals surface area contributed by atoms with Gasteiger partial charge in [-0.05, 0) is 29.5 Å². The van der Waals surface area contributed by atoms with Gasteiger partial charge in [0, 0.05) is 30.4 Å². The van der Waals surface area contributed by atoms with Crippen molar-refractivity contribution in [2.24, 2.45) is 5.92 Å². The second-order valence-corrected chi connectivity index (χ2v) is 7.13. The van der Waals surface area contributed by atoms with Crippen LogP contribution in [0.3, 0.4) is 0 Å². The highest BCUT2D eigenvalue weighted by Gasteiger charge is 2.32. The van der Waals surface area contributed by atoms with Crippen LogP contribution in [-0.4, -0.2) is 33.4 Å². The molecule has 2 heterocycles. The molecule has 136 valence electrons. The smallest absolute Gasteiger partial charge is 0.312 e. The van der Waals surface area contributed by atoms with Crippen molar-refractivity contribution in [3.05, 3.63) is 69.1 Å². The van der Waals surface area contributed by atoms with E-state index in [1.807, 2.05) is 26.0 Å². The van der Waals surface area contributed by atoms with E-state index < -0.39 is 11.9 Å². The van der Waals surface area contributed by atoms with Crippen LogP contribution in [0.5, 0.6) is 0 Å². The number of benzene rings is 1. The fraction of sp³-hybridized carbons (Fsp3) is 0.350. The Morgan fingerprint density at radius 2 is 2.00 bits per heavy atom. The third-order valence-corrected chi connectivity index (χ3v) is 4.56. The number of aromatic amines is 1. The number of aliphatic carboxylic acids is 1. The van der Waals surface area contributed by atoms with E-state index in [9.17, 15) is 19.5 Å². The lowest BCUT2D eigenvalue weighted by molar-refractivity contribution is -0.139. The lowest BCUT2D eigenvalue weighted by atomic mass is 9.89. The minimum atomic E-state index is -0.957. The van der Waals surface area contributed by atoms with Gasteiger partial charge in [0.1, 0.15) is 0 Å². The summed E-state index contributed by atoms with van der Waals surface area (Å²) in [5, 5.41) is 9.55. The molecule has 3 rings (SSSR count). The molecule has 1 unspecified atom stereocenters. The Balaban J connectivity index is 1.92. The van der Waals surface area contributed by atoms with E-state index in [-0.39, 0.29) is 18.0 Å². The number of rotatable bonds is 4. The molecule has 0 radical (unpaired) electrons. The summed E-state index contributed by atoms with van der Waals surface area (Å²) in [7, 11) is 0. The number of carbonyl (C=O) groups is 2. The van der Waals surface area contributed by atoms with Gasteiger partial charge in [0.05, 0.1) is 5.92 Å². The summed E-state index contributed by atoms with van der Waals surface area (Å²) < 4.78 is 0. The fourth-order valence-corrected chi connectivity index (χ4v) is 3.43. The van der Waals surface area contributed by atoms with Crippen LogP contribution in [0.25, 0.3) is 0 Å². The van der Waals surface area contributed by atoms with Crippen LogP contribution >= 0.6 is 0 Å². The minimum absolute atomic E-state index is 0.0947. The van der Waals surface area contributed by atoms with Gasteiger partial charge in [-0.1, -0.05) is 38.1 Å². The van der Waals surface area contributed by atoms with E-state index in [2.05, 4.69) is 4.98 Å².